The molecule has 0 saturated heterocycles. The molecule has 1 aliphatic rings. The third-order valence-corrected chi connectivity index (χ3v) is 3.80. The van der Waals surface area contributed by atoms with Crippen LogP contribution in [0.25, 0.3) is 0 Å². The first-order valence-corrected chi connectivity index (χ1v) is 7.70. The van der Waals surface area contributed by atoms with Gasteiger partial charge in [0.2, 0.25) is 0 Å². The third-order valence-electron chi connectivity index (χ3n) is 3.80. The molecule has 0 aliphatic heterocycles. The number of carbonyl (C=O) groups excluding carboxylic acids is 1. The molecule has 0 spiro atoms. The highest BCUT2D eigenvalue weighted by atomic mass is 16.5. The summed E-state index contributed by atoms with van der Waals surface area (Å²) in [5.41, 5.74) is 0.685. The minimum absolute atomic E-state index is 0.153. The van der Waals surface area contributed by atoms with Crippen molar-refractivity contribution in [1.82, 2.24) is 0 Å². The Kier molecular flexibility index (Phi) is 5.45. The molecule has 1 saturated carbocycles. The summed E-state index contributed by atoms with van der Waals surface area (Å²) in [5, 5.41) is 0. The Labute approximate surface area is 121 Å². The number of carbonyl (C=O) groups is 1. The van der Waals surface area contributed by atoms with E-state index in [0.29, 0.717) is 24.5 Å². The van der Waals surface area contributed by atoms with E-state index in [1.54, 1.807) is 0 Å². The normalized spacial score (nSPS) is 15.9. The average molecular weight is 276 g/mol. The van der Waals surface area contributed by atoms with Crippen molar-refractivity contribution in [2.45, 2.75) is 46.0 Å². The van der Waals surface area contributed by atoms with Crippen LogP contribution in [0.4, 0.5) is 0 Å². The summed E-state index contributed by atoms with van der Waals surface area (Å²) in [6, 6.07) is 5.56. The summed E-state index contributed by atoms with van der Waals surface area (Å²) in [7, 11) is 0. The van der Waals surface area contributed by atoms with Crippen molar-refractivity contribution in [3.05, 3.63) is 23.8 Å². The van der Waals surface area contributed by atoms with E-state index in [-0.39, 0.29) is 11.7 Å². The molecule has 1 aliphatic carbocycles. The first-order valence-electron chi connectivity index (χ1n) is 7.70. The highest BCUT2D eigenvalue weighted by molar-refractivity contribution is 6.00. The van der Waals surface area contributed by atoms with Gasteiger partial charge in [-0.2, -0.15) is 0 Å². The monoisotopic (exact) mass is 276 g/mol. The number of ether oxygens (including phenoxy) is 2. The second kappa shape index (κ2) is 7.32. The molecule has 3 nitrogen and oxygen atoms in total. The van der Waals surface area contributed by atoms with E-state index in [1.165, 1.54) is 6.42 Å². The molecule has 1 fully saturated rings. The first kappa shape index (κ1) is 14.9. The second-order valence-corrected chi connectivity index (χ2v) is 5.22. The fourth-order valence-electron chi connectivity index (χ4n) is 2.82. The van der Waals surface area contributed by atoms with Crippen molar-refractivity contribution in [2.75, 3.05) is 13.2 Å². The van der Waals surface area contributed by atoms with E-state index >= 15 is 0 Å². The largest absolute Gasteiger partial charge is 0.494 e. The summed E-state index contributed by atoms with van der Waals surface area (Å²) in [6.45, 7) is 5.05. The Bertz CT molecular complexity index is 448. The van der Waals surface area contributed by atoms with Gasteiger partial charge in [0.25, 0.3) is 0 Å². The Morgan fingerprint density at radius 2 is 1.80 bits per heavy atom. The van der Waals surface area contributed by atoms with Gasteiger partial charge in [-0.3, -0.25) is 4.79 Å². The molecule has 0 unspecified atom stereocenters. The van der Waals surface area contributed by atoms with Crippen LogP contribution >= 0.6 is 0 Å². The number of hydrogen-bond donors (Lipinski definition) is 0. The molecule has 1 aromatic rings. The topological polar surface area (TPSA) is 35.5 Å². The summed E-state index contributed by atoms with van der Waals surface area (Å²) >= 11 is 0. The van der Waals surface area contributed by atoms with Crippen LogP contribution in [-0.4, -0.2) is 19.0 Å². The molecule has 20 heavy (non-hydrogen) atoms. The Morgan fingerprint density at radius 1 is 1.10 bits per heavy atom. The molecule has 0 atom stereocenters. The van der Waals surface area contributed by atoms with Crippen molar-refractivity contribution >= 4 is 5.78 Å². The van der Waals surface area contributed by atoms with E-state index in [0.717, 1.165) is 31.4 Å². The number of rotatable bonds is 6. The molecule has 0 amide bonds. The van der Waals surface area contributed by atoms with Crippen LogP contribution in [0.5, 0.6) is 11.5 Å². The molecule has 0 bridgehead atoms. The SMILES string of the molecule is CCOc1ccc(OCC)c(C(=O)C2CCCCC2)c1. The highest BCUT2D eigenvalue weighted by Gasteiger charge is 2.25. The molecule has 1 aromatic carbocycles. The van der Waals surface area contributed by atoms with Crippen LogP contribution in [0, 0.1) is 5.92 Å². The molecular formula is C17H24O3. The maximum Gasteiger partial charge on any atom is 0.169 e. The zero-order valence-electron chi connectivity index (χ0n) is 12.5. The van der Waals surface area contributed by atoms with Crippen LogP contribution in [0.3, 0.4) is 0 Å². The lowest BCUT2D eigenvalue weighted by atomic mass is 9.83. The van der Waals surface area contributed by atoms with Gasteiger partial charge in [0.1, 0.15) is 11.5 Å². The summed E-state index contributed by atoms with van der Waals surface area (Å²) in [6.07, 6.45) is 5.57. The molecule has 0 aromatic heterocycles. The molecule has 0 N–H and O–H groups in total. The standard InChI is InChI=1S/C17H24O3/c1-3-19-14-10-11-16(20-4-2)15(12-14)17(18)13-8-6-5-7-9-13/h10-13H,3-9H2,1-2H3. The van der Waals surface area contributed by atoms with E-state index in [4.69, 9.17) is 9.47 Å². The third kappa shape index (κ3) is 3.53. The van der Waals surface area contributed by atoms with Crippen molar-refractivity contribution in [3.63, 3.8) is 0 Å². The Morgan fingerprint density at radius 3 is 2.45 bits per heavy atom. The van der Waals surface area contributed by atoms with Gasteiger partial charge < -0.3 is 9.47 Å². The molecule has 0 radical (unpaired) electrons. The van der Waals surface area contributed by atoms with Gasteiger partial charge >= 0.3 is 0 Å². The predicted octanol–water partition coefficient (Wildman–Crippen LogP) is 4.25. The fourth-order valence-corrected chi connectivity index (χ4v) is 2.82. The van der Waals surface area contributed by atoms with Gasteiger partial charge in [0.05, 0.1) is 18.8 Å². The smallest absolute Gasteiger partial charge is 0.169 e. The maximum atomic E-state index is 12.7. The van der Waals surface area contributed by atoms with Crippen LogP contribution in [-0.2, 0) is 0 Å². The number of benzene rings is 1. The predicted molar refractivity (Wildman–Crippen MR) is 79.7 cm³/mol. The zero-order chi connectivity index (χ0) is 14.4. The Balaban J connectivity index is 2.25. The lowest BCUT2D eigenvalue weighted by Gasteiger charge is -2.21. The van der Waals surface area contributed by atoms with Crippen LogP contribution < -0.4 is 9.47 Å². The molecule has 2 rings (SSSR count). The van der Waals surface area contributed by atoms with Gasteiger partial charge in [-0.1, -0.05) is 19.3 Å². The van der Waals surface area contributed by atoms with Gasteiger partial charge in [-0.15, -0.1) is 0 Å². The fraction of sp³-hybridized carbons (Fsp3) is 0.588. The number of ketones is 1. The average Bonchev–Trinajstić information content (AvgIpc) is 2.49. The van der Waals surface area contributed by atoms with E-state index < -0.39 is 0 Å². The zero-order valence-corrected chi connectivity index (χ0v) is 12.5. The van der Waals surface area contributed by atoms with E-state index in [1.807, 2.05) is 32.0 Å². The molecular weight excluding hydrogens is 252 g/mol. The first-order chi connectivity index (χ1) is 9.76. The van der Waals surface area contributed by atoms with Gasteiger partial charge in [-0.05, 0) is 44.9 Å². The lowest BCUT2D eigenvalue weighted by Crippen LogP contribution is -2.19. The van der Waals surface area contributed by atoms with E-state index in [2.05, 4.69) is 0 Å². The number of hydrogen-bond acceptors (Lipinski definition) is 3. The van der Waals surface area contributed by atoms with Crippen LogP contribution in [0.2, 0.25) is 0 Å². The van der Waals surface area contributed by atoms with Crippen molar-refractivity contribution in [3.8, 4) is 11.5 Å². The summed E-state index contributed by atoms with van der Waals surface area (Å²) < 4.78 is 11.1. The minimum Gasteiger partial charge on any atom is -0.494 e. The second-order valence-electron chi connectivity index (χ2n) is 5.22. The summed E-state index contributed by atoms with van der Waals surface area (Å²) in [4.78, 5) is 12.7. The molecule has 0 heterocycles. The Hall–Kier alpha value is -1.51. The van der Waals surface area contributed by atoms with Crippen molar-refractivity contribution in [2.24, 2.45) is 5.92 Å². The number of Topliss-reactive ketones (excluding diaryl/α,β-unsaturated/α-hetero) is 1. The van der Waals surface area contributed by atoms with Crippen molar-refractivity contribution < 1.29 is 14.3 Å². The van der Waals surface area contributed by atoms with Gasteiger partial charge in [0.15, 0.2) is 5.78 Å². The van der Waals surface area contributed by atoms with Crippen LogP contribution in [0.15, 0.2) is 18.2 Å². The molecule has 3 heteroatoms. The quantitative estimate of drug-likeness (QED) is 0.729. The van der Waals surface area contributed by atoms with E-state index in [9.17, 15) is 4.79 Å². The van der Waals surface area contributed by atoms with Gasteiger partial charge in [0, 0.05) is 5.92 Å². The minimum atomic E-state index is 0.153. The lowest BCUT2D eigenvalue weighted by molar-refractivity contribution is 0.0885. The van der Waals surface area contributed by atoms with Gasteiger partial charge in [-0.25, -0.2) is 0 Å². The maximum absolute atomic E-state index is 12.7. The van der Waals surface area contributed by atoms with Crippen molar-refractivity contribution in [1.29, 1.82) is 0 Å². The summed E-state index contributed by atoms with van der Waals surface area (Å²) in [5.74, 6) is 1.80. The highest BCUT2D eigenvalue weighted by Crippen LogP contribution is 2.32. The molecule has 110 valence electrons. The van der Waals surface area contributed by atoms with Crippen LogP contribution in [0.1, 0.15) is 56.3 Å².